The first kappa shape index (κ1) is 19.3. The number of hydrogen-bond acceptors (Lipinski definition) is 4. The average molecular weight is 423 g/mol. The summed E-state index contributed by atoms with van der Waals surface area (Å²) < 4.78 is 28.8. The van der Waals surface area contributed by atoms with Gasteiger partial charge in [0.1, 0.15) is 17.7 Å². The van der Waals surface area contributed by atoms with Gasteiger partial charge in [0, 0.05) is 13.2 Å². The topological polar surface area (TPSA) is 80.1 Å². The van der Waals surface area contributed by atoms with Crippen LogP contribution < -0.4 is 10.2 Å². The van der Waals surface area contributed by atoms with Crippen molar-refractivity contribution in [3.05, 3.63) is 77.2 Å². The number of nitrogens with zero attached hydrogens (tertiary/aromatic N) is 4. The van der Waals surface area contributed by atoms with Crippen LogP contribution in [0.2, 0.25) is 0 Å². The van der Waals surface area contributed by atoms with Crippen LogP contribution in [-0.2, 0) is 11.3 Å². The molecule has 1 fully saturated rings. The zero-order valence-electron chi connectivity index (χ0n) is 16.6. The molecule has 2 aliphatic rings. The Kier molecular flexibility index (Phi) is 4.53. The number of hydrogen-bond donors (Lipinski definition) is 1. The van der Waals surface area contributed by atoms with Gasteiger partial charge in [0.15, 0.2) is 11.5 Å². The first-order valence-electron chi connectivity index (χ1n) is 9.93. The predicted octanol–water partition coefficient (Wildman–Crippen LogP) is 2.48. The minimum atomic E-state index is -0.786. The largest absolute Gasteiger partial charge is 0.338 e. The van der Waals surface area contributed by atoms with Crippen LogP contribution >= 0.6 is 0 Å². The number of anilines is 1. The van der Waals surface area contributed by atoms with Crippen molar-refractivity contribution in [3.8, 4) is 0 Å². The fourth-order valence-corrected chi connectivity index (χ4v) is 4.20. The van der Waals surface area contributed by atoms with Gasteiger partial charge in [-0.05, 0) is 47.6 Å². The third-order valence-corrected chi connectivity index (χ3v) is 5.88. The van der Waals surface area contributed by atoms with E-state index in [0.717, 1.165) is 18.2 Å². The number of rotatable bonds is 4. The van der Waals surface area contributed by atoms with Gasteiger partial charge < -0.3 is 5.32 Å². The fraction of sp³-hybridized carbons (Fsp3) is 0.273. The molecule has 31 heavy (non-hydrogen) atoms. The molecule has 1 aliphatic carbocycles. The maximum absolute atomic E-state index is 14.4. The molecule has 1 saturated carbocycles. The number of aromatic nitrogens is 3. The number of benzene rings is 1. The number of nitrogens with one attached hydrogen (secondary N) is 1. The minimum Gasteiger partial charge on any atom is -0.338 e. The van der Waals surface area contributed by atoms with Crippen molar-refractivity contribution in [1.29, 1.82) is 0 Å². The number of carbonyl (C=O) groups excluding carboxylic acids is 2. The molecular formula is C22H19F2N5O2. The second-order valence-corrected chi connectivity index (χ2v) is 7.92. The van der Waals surface area contributed by atoms with Gasteiger partial charge in [-0.25, -0.2) is 13.8 Å². The van der Waals surface area contributed by atoms with E-state index in [1.165, 1.54) is 21.7 Å². The summed E-state index contributed by atoms with van der Waals surface area (Å²) in [6.45, 7) is 0.182. The molecule has 1 aromatic carbocycles. The lowest BCUT2D eigenvalue weighted by molar-refractivity contribution is -0.120. The second-order valence-electron chi connectivity index (χ2n) is 7.92. The van der Waals surface area contributed by atoms with Crippen LogP contribution in [0.3, 0.4) is 0 Å². The van der Waals surface area contributed by atoms with Crippen LogP contribution in [0.5, 0.6) is 0 Å². The Bertz CT molecular complexity index is 1180. The third kappa shape index (κ3) is 3.45. The second kappa shape index (κ2) is 7.26. The first-order chi connectivity index (χ1) is 14.9. The fourth-order valence-electron chi connectivity index (χ4n) is 4.20. The Labute approximate surface area is 176 Å². The molecule has 3 atom stereocenters. The molecule has 9 heteroatoms. The summed E-state index contributed by atoms with van der Waals surface area (Å²) in [6.07, 6.45) is 3.49. The standard InChI is InChI=1S/C22H19F2N5O2/c1-28-20-14(3-2-8-25-20)15-9-16(15)18(22(28)31)26-21(30)19-17(24)11-29(27-19)10-12-4-6-13(23)7-5-12/h2-8,11,15-16,18H,9-10H2,1H3,(H,26,30)/t15-,16?,18-/m0/s1. The SMILES string of the molecule is CN1C(=O)[C@@H](NC(=O)c2nn(Cc3ccc(F)cc3)cc2F)C2C[C@H]2c2cccnc21. The molecule has 2 aromatic heterocycles. The van der Waals surface area contributed by atoms with Gasteiger partial charge in [-0.1, -0.05) is 18.2 Å². The molecule has 7 nitrogen and oxygen atoms in total. The molecule has 2 amide bonds. The maximum atomic E-state index is 14.4. The summed E-state index contributed by atoms with van der Waals surface area (Å²) in [4.78, 5) is 31.5. The molecule has 158 valence electrons. The van der Waals surface area contributed by atoms with Crippen molar-refractivity contribution >= 4 is 17.6 Å². The number of likely N-dealkylation sites (N-methyl/N-ethyl adjacent to an activating group) is 1. The van der Waals surface area contributed by atoms with Crippen molar-refractivity contribution in [2.45, 2.75) is 24.9 Å². The highest BCUT2D eigenvalue weighted by atomic mass is 19.1. The van der Waals surface area contributed by atoms with E-state index in [4.69, 9.17) is 0 Å². The van der Waals surface area contributed by atoms with Crippen molar-refractivity contribution in [2.24, 2.45) is 5.92 Å². The van der Waals surface area contributed by atoms with Gasteiger partial charge in [-0.2, -0.15) is 5.10 Å². The number of fused-ring (bicyclic) bond motifs is 3. The zero-order valence-corrected chi connectivity index (χ0v) is 16.6. The highest BCUT2D eigenvalue weighted by Crippen LogP contribution is 2.53. The van der Waals surface area contributed by atoms with E-state index in [1.807, 2.05) is 12.1 Å². The summed E-state index contributed by atoms with van der Waals surface area (Å²) in [5.74, 6) is -1.53. The van der Waals surface area contributed by atoms with Crippen LogP contribution in [0.4, 0.5) is 14.6 Å². The van der Waals surface area contributed by atoms with Crippen LogP contribution in [0.15, 0.2) is 48.8 Å². The number of amides is 2. The smallest absolute Gasteiger partial charge is 0.275 e. The van der Waals surface area contributed by atoms with Gasteiger partial charge in [0.2, 0.25) is 0 Å². The number of pyridine rings is 1. The van der Waals surface area contributed by atoms with E-state index in [2.05, 4.69) is 15.4 Å². The quantitative estimate of drug-likeness (QED) is 0.699. The molecule has 0 bridgehead atoms. The highest BCUT2D eigenvalue weighted by Gasteiger charge is 2.52. The third-order valence-electron chi connectivity index (χ3n) is 5.88. The monoisotopic (exact) mass is 423 g/mol. The molecule has 5 rings (SSSR count). The van der Waals surface area contributed by atoms with E-state index in [-0.39, 0.29) is 35.8 Å². The average Bonchev–Trinajstić information content (AvgIpc) is 3.48. The number of halogens is 2. The summed E-state index contributed by atoms with van der Waals surface area (Å²) in [5, 5.41) is 6.72. The molecule has 0 radical (unpaired) electrons. The molecule has 3 aromatic rings. The first-order valence-corrected chi connectivity index (χ1v) is 9.93. The van der Waals surface area contributed by atoms with Crippen LogP contribution in [-0.4, -0.2) is 39.7 Å². The zero-order chi connectivity index (χ0) is 21.7. The Balaban J connectivity index is 1.34. The maximum Gasteiger partial charge on any atom is 0.275 e. The van der Waals surface area contributed by atoms with Gasteiger partial charge in [0.05, 0.1) is 12.7 Å². The van der Waals surface area contributed by atoms with Gasteiger partial charge in [-0.15, -0.1) is 0 Å². The molecule has 0 spiro atoms. The van der Waals surface area contributed by atoms with Crippen LogP contribution in [0.1, 0.15) is 34.0 Å². The van der Waals surface area contributed by atoms with Crippen LogP contribution in [0, 0.1) is 17.6 Å². The minimum absolute atomic E-state index is 0.0614. The van der Waals surface area contributed by atoms with Crippen molar-refractivity contribution < 1.29 is 18.4 Å². The molecule has 1 aliphatic heterocycles. The van der Waals surface area contributed by atoms with Crippen molar-refractivity contribution in [2.75, 3.05) is 11.9 Å². The Hall–Kier alpha value is -3.62. The predicted molar refractivity (Wildman–Crippen MR) is 107 cm³/mol. The van der Waals surface area contributed by atoms with Crippen LogP contribution in [0.25, 0.3) is 0 Å². The van der Waals surface area contributed by atoms with E-state index >= 15 is 0 Å². The van der Waals surface area contributed by atoms with Gasteiger partial charge in [0.25, 0.3) is 11.8 Å². The Morgan fingerprint density at radius 3 is 2.77 bits per heavy atom. The summed E-state index contributed by atoms with van der Waals surface area (Å²) in [7, 11) is 1.62. The molecule has 3 heterocycles. The highest BCUT2D eigenvalue weighted by molar-refractivity contribution is 6.02. The van der Waals surface area contributed by atoms with Crippen molar-refractivity contribution in [3.63, 3.8) is 0 Å². The van der Waals surface area contributed by atoms with Gasteiger partial charge in [-0.3, -0.25) is 19.2 Å². The molecular weight excluding hydrogens is 404 g/mol. The summed E-state index contributed by atoms with van der Waals surface area (Å²) in [6, 6.07) is 8.72. The summed E-state index contributed by atoms with van der Waals surface area (Å²) in [5.41, 5.74) is 1.31. The lowest BCUT2D eigenvalue weighted by Crippen LogP contribution is -2.48. The van der Waals surface area contributed by atoms with E-state index < -0.39 is 17.8 Å². The van der Waals surface area contributed by atoms with E-state index in [1.54, 1.807) is 25.4 Å². The Morgan fingerprint density at radius 1 is 1.23 bits per heavy atom. The number of carbonyl (C=O) groups is 2. The lowest BCUT2D eigenvalue weighted by atomic mass is 10.1. The normalized spacial score (nSPS) is 21.8. The van der Waals surface area contributed by atoms with Crippen molar-refractivity contribution in [1.82, 2.24) is 20.1 Å². The lowest BCUT2D eigenvalue weighted by Gasteiger charge is -2.22. The summed E-state index contributed by atoms with van der Waals surface area (Å²) >= 11 is 0. The van der Waals surface area contributed by atoms with E-state index in [0.29, 0.717) is 11.4 Å². The van der Waals surface area contributed by atoms with Gasteiger partial charge >= 0.3 is 0 Å². The van der Waals surface area contributed by atoms with E-state index in [9.17, 15) is 18.4 Å². The molecule has 0 saturated heterocycles. The molecule has 1 unspecified atom stereocenters. The Morgan fingerprint density at radius 2 is 2.00 bits per heavy atom. The molecule has 1 N–H and O–H groups in total.